The molecule has 1 aromatic heterocycles. The fourth-order valence-corrected chi connectivity index (χ4v) is 2.38. The first-order valence-electron chi connectivity index (χ1n) is 7.48. The van der Waals surface area contributed by atoms with E-state index in [-0.39, 0.29) is 11.8 Å². The second kappa shape index (κ2) is 7.43. The van der Waals surface area contributed by atoms with Gasteiger partial charge in [-0.3, -0.25) is 9.48 Å². The highest BCUT2D eigenvalue weighted by Gasteiger charge is 2.18. The van der Waals surface area contributed by atoms with Crippen molar-refractivity contribution < 1.29 is 4.79 Å². The van der Waals surface area contributed by atoms with Crippen molar-refractivity contribution in [3.63, 3.8) is 0 Å². The van der Waals surface area contributed by atoms with E-state index < -0.39 is 6.04 Å². The van der Waals surface area contributed by atoms with Gasteiger partial charge < -0.3 is 11.1 Å². The number of rotatable bonds is 7. The molecule has 0 unspecified atom stereocenters. The Labute approximate surface area is 121 Å². The Hall–Kier alpha value is -1.36. The Morgan fingerprint density at radius 2 is 2.05 bits per heavy atom. The third kappa shape index (κ3) is 3.82. The molecule has 114 valence electrons. The van der Waals surface area contributed by atoms with Crippen LogP contribution in [0.3, 0.4) is 0 Å². The highest BCUT2D eigenvalue weighted by molar-refractivity contribution is 5.81. The van der Waals surface area contributed by atoms with Gasteiger partial charge in [0.1, 0.15) is 0 Å². The fourth-order valence-electron chi connectivity index (χ4n) is 2.38. The van der Waals surface area contributed by atoms with Crippen molar-refractivity contribution in [2.45, 2.75) is 60.0 Å². The van der Waals surface area contributed by atoms with E-state index in [1.165, 1.54) is 11.3 Å². The van der Waals surface area contributed by atoms with E-state index in [2.05, 4.69) is 24.3 Å². The van der Waals surface area contributed by atoms with Gasteiger partial charge in [0.25, 0.3) is 0 Å². The molecule has 0 aliphatic carbocycles. The lowest BCUT2D eigenvalue weighted by atomic mass is 9.99. The molecular weight excluding hydrogens is 252 g/mol. The summed E-state index contributed by atoms with van der Waals surface area (Å²) in [6.45, 7) is 11.5. The highest BCUT2D eigenvalue weighted by atomic mass is 16.2. The number of aryl methyl sites for hydroxylation is 1. The van der Waals surface area contributed by atoms with Gasteiger partial charge in [-0.25, -0.2) is 0 Å². The summed E-state index contributed by atoms with van der Waals surface area (Å²) in [7, 11) is 0. The third-order valence-electron chi connectivity index (χ3n) is 4.07. The van der Waals surface area contributed by atoms with Gasteiger partial charge in [-0.2, -0.15) is 5.10 Å². The second-order valence-electron chi connectivity index (χ2n) is 5.43. The van der Waals surface area contributed by atoms with Gasteiger partial charge in [-0.15, -0.1) is 0 Å². The van der Waals surface area contributed by atoms with Crippen molar-refractivity contribution in [1.82, 2.24) is 15.1 Å². The van der Waals surface area contributed by atoms with E-state index in [0.29, 0.717) is 13.1 Å². The van der Waals surface area contributed by atoms with Crippen LogP contribution in [0.1, 0.15) is 44.1 Å². The smallest absolute Gasteiger partial charge is 0.237 e. The third-order valence-corrected chi connectivity index (χ3v) is 4.07. The number of amides is 1. The van der Waals surface area contributed by atoms with Crippen LogP contribution in [0.15, 0.2) is 0 Å². The Kier molecular flexibility index (Phi) is 6.20. The van der Waals surface area contributed by atoms with Crippen LogP contribution < -0.4 is 11.1 Å². The summed E-state index contributed by atoms with van der Waals surface area (Å²) in [6, 6.07) is -0.424. The van der Waals surface area contributed by atoms with Gasteiger partial charge in [0.2, 0.25) is 5.91 Å². The number of nitrogens with one attached hydrogen (secondary N) is 1. The standard InChI is InChI=1S/C15H28N4O/c1-6-10(3)14(16)15(20)17-8-9-19-12(5)13(7-2)11(4)18-19/h10,14H,6-9,16H2,1-5H3,(H,17,20)/t10-,14-/m0/s1. The number of nitrogens with zero attached hydrogens (tertiary/aromatic N) is 2. The van der Waals surface area contributed by atoms with Crippen LogP contribution in [0, 0.1) is 19.8 Å². The monoisotopic (exact) mass is 280 g/mol. The molecule has 3 N–H and O–H groups in total. The predicted molar refractivity (Wildman–Crippen MR) is 81.5 cm³/mol. The molecule has 0 saturated heterocycles. The first-order valence-corrected chi connectivity index (χ1v) is 7.48. The van der Waals surface area contributed by atoms with Crippen LogP contribution in [0.25, 0.3) is 0 Å². The molecule has 1 amide bonds. The van der Waals surface area contributed by atoms with Gasteiger partial charge in [-0.05, 0) is 31.7 Å². The van der Waals surface area contributed by atoms with Crippen LogP contribution in [0.2, 0.25) is 0 Å². The molecule has 5 nitrogen and oxygen atoms in total. The van der Waals surface area contributed by atoms with Crippen molar-refractivity contribution >= 4 is 5.91 Å². The lowest BCUT2D eigenvalue weighted by Gasteiger charge is -2.17. The maximum absolute atomic E-state index is 11.9. The summed E-state index contributed by atoms with van der Waals surface area (Å²) < 4.78 is 1.96. The summed E-state index contributed by atoms with van der Waals surface area (Å²) in [4.78, 5) is 11.9. The summed E-state index contributed by atoms with van der Waals surface area (Å²) in [5, 5.41) is 7.40. The molecule has 1 rings (SSSR count). The van der Waals surface area contributed by atoms with Gasteiger partial charge >= 0.3 is 0 Å². The molecule has 1 aromatic rings. The molecule has 0 bridgehead atoms. The van der Waals surface area contributed by atoms with Crippen molar-refractivity contribution in [2.75, 3.05) is 6.54 Å². The number of nitrogens with two attached hydrogens (primary N) is 1. The zero-order chi connectivity index (χ0) is 15.3. The zero-order valence-corrected chi connectivity index (χ0v) is 13.4. The van der Waals surface area contributed by atoms with Gasteiger partial charge in [0, 0.05) is 12.2 Å². The first kappa shape index (κ1) is 16.7. The van der Waals surface area contributed by atoms with Crippen LogP contribution in [0.4, 0.5) is 0 Å². The molecule has 1 heterocycles. The molecule has 0 aromatic carbocycles. The number of hydrogen-bond donors (Lipinski definition) is 2. The average Bonchev–Trinajstić information content (AvgIpc) is 2.71. The largest absolute Gasteiger partial charge is 0.353 e. The number of aromatic nitrogens is 2. The molecule has 20 heavy (non-hydrogen) atoms. The molecule has 0 fully saturated rings. The quantitative estimate of drug-likeness (QED) is 0.796. The van der Waals surface area contributed by atoms with Crippen molar-refractivity contribution in [1.29, 1.82) is 0 Å². The van der Waals surface area contributed by atoms with E-state index in [0.717, 1.165) is 18.5 Å². The Morgan fingerprint density at radius 1 is 1.40 bits per heavy atom. The molecular formula is C15H28N4O. The topological polar surface area (TPSA) is 72.9 Å². The fraction of sp³-hybridized carbons (Fsp3) is 0.733. The number of hydrogen-bond acceptors (Lipinski definition) is 3. The lowest BCUT2D eigenvalue weighted by molar-refractivity contribution is -0.123. The normalized spacial score (nSPS) is 14.1. The maximum atomic E-state index is 11.9. The van der Waals surface area contributed by atoms with Gasteiger partial charge in [-0.1, -0.05) is 27.2 Å². The Morgan fingerprint density at radius 3 is 2.55 bits per heavy atom. The number of carbonyl (C=O) groups is 1. The van der Waals surface area contributed by atoms with Crippen molar-refractivity contribution in [2.24, 2.45) is 11.7 Å². The average molecular weight is 280 g/mol. The zero-order valence-electron chi connectivity index (χ0n) is 13.4. The van der Waals surface area contributed by atoms with Crippen LogP contribution in [-0.4, -0.2) is 28.3 Å². The maximum Gasteiger partial charge on any atom is 0.237 e. The number of carbonyl (C=O) groups excluding carboxylic acids is 1. The molecule has 2 atom stereocenters. The van der Waals surface area contributed by atoms with E-state index >= 15 is 0 Å². The summed E-state index contributed by atoms with van der Waals surface area (Å²) in [6.07, 6.45) is 1.90. The minimum absolute atomic E-state index is 0.0726. The SMILES string of the molecule is CCc1c(C)nn(CCNC(=O)[C@@H](N)[C@@H](C)CC)c1C. The van der Waals surface area contributed by atoms with E-state index in [9.17, 15) is 4.79 Å². The molecule has 0 aliphatic rings. The Balaban J connectivity index is 2.51. The van der Waals surface area contributed by atoms with E-state index in [4.69, 9.17) is 5.73 Å². The summed E-state index contributed by atoms with van der Waals surface area (Å²) in [5.41, 5.74) is 9.46. The van der Waals surface area contributed by atoms with E-state index in [1.54, 1.807) is 0 Å². The second-order valence-corrected chi connectivity index (χ2v) is 5.43. The van der Waals surface area contributed by atoms with Gasteiger partial charge in [0.05, 0.1) is 18.3 Å². The molecule has 5 heteroatoms. The predicted octanol–water partition coefficient (Wildman–Crippen LogP) is 1.55. The summed E-state index contributed by atoms with van der Waals surface area (Å²) >= 11 is 0. The molecule has 0 saturated carbocycles. The first-order chi connectivity index (χ1) is 9.42. The van der Waals surface area contributed by atoms with Crippen LogP contribution in [0.5, 0.6) is 0 Å². The molecule has 0 radical (unpaired) electrons. The van der Waals surface area contributed by atoms with Crippen LogP contribution >= 0.6 is 0 Å². The van der Waals surface area contributed by atoms with Gasteiger partial charge in [0.15, 0.2) is 0 Å². The molecule has 0 spiro atoms. The Bertz CT molecular complexity index is 453. The van der Waals surface area contributed by atoms with E-state index in [1.807, 2.05) is 25.5 Å². The summed E-state index contributed by atoms with van der Waals surface area (Å²) in [5.74, 6) is 0.131. The molecule has 0 aliphatic heterocycles. The lowest BCUT2D eigenvalue weighted by Crippen LogP contribution is -2.45. The van der Waals surface area contributed by atoms with Crippen molar-refractivity contribution in [3.8, 4) is 0 Å². The van der Waals surface area contributed by atoms with Crippen molar-refractivity contribution in [3.05, 3.63) is 17.0 Å². The minimum atomic E-state index is -0.424. The minimum Gasteiger partial charge on any atom is -0.353 e. The van der Waals surface area contributed by atoms with Crippen LogP contribution in [-0.2, 0) is 17.8 Å². The highest BCUT2D eigenvalue weighted by Crippen LogP contribution is 2.13.